The second kappa shape index (κ2) is 10.0. The van der Waals surface area contributed by atoms with Crippen LogP contribution in [-0.2, 0) is 0 Å². The average Bonchev–Trinajstić information content (AvgIpc) is 2.74. The van der Waals surface area contributed by atoms with Crippen molar-refractivity contribution in [1.29, 1.82) is 0 Å². The minimum atomic E-state index is -2.92. The Bertz CT molecular complexity index is 1110. The number of nitrogens with one attached hydrogen (secondary N) is 1. The summed E-state index contributed by atoms with van der Waals surface area (Å²) < 4.78 is 35.0. The third-order valence-corrected chi connectivity index (χ3v) is 4.61. The van der Waals surface area contributed by atoms with Gasteiger partial charge in [-0.25, -0.2) is 4.99 Å². The number of ether oxygens (including phenoxy) is 2. The summed E-state index contributed by atoms with van der Waals surface area (Å²) in [5, 5.41) is 3.63. The zero-order chi connectivity index (χ0) is 22.4. The van der Waals surface area contributed by atoms with E-state index in [2.05, 4.69) is 26.6 Å². The second-order valence-corrected chi connectivity index (χ2v) is 6.89. The van der Waals surface area contributed by atoms with Gasteiger partial charge in [0, 0.05) is 35.3 Å². The topological polar surface area (TPSA) is 55.7 Å². The summed E-state index contributed by atoms with van der Waals surface area (Å²) in [5.41, 5.74) is 3.23. The second-order valence-electron chi connectivity index (χ2n) is 6.48. The van der Waals surface area contributed by atoms with Crippen molar-refractivity contribution in [2.75, 3.05) is 12.4 Å². The first-order valence-electron chi connectivity index (χ1n) is 9.21. The third-order valence-electron chi connectivity index (χ3n) is 4.32. The number of hydrogen-bond acceptors (Lipinski definition) is 4. The number of methoxy groups -OCH3 is 1. The maximum atomic E-state index is 12.6. The number of benzene rings is 2. The largest absolute Gasteiger partial charge is 0.495 e. The molecule has 5 nitrogen and oxygen atoms in total. The highest BCUT2D eigenvalue weighted by Gasteiger charge is 2.14. The van der Waals surface area contributed by atoms with Crippen molar-refractivity contribution in [3.05, 3.63) is 89.2 Å². The van der Waals surface area contributed by atoms with Crippen molar-refractivity contribution in [3.8, 4) is 11.5 Å². The minimum absolute atomic E-state index is 0.0239. The molecule has 1 N–H and O–H groups in total. The number of anilines is 1. The number of aryl methyl sites for hydroxylation is 1. The molecule has 0 spiro atoms. The molecule has 0 aliphatic rings. The maximum absolute atomic E-state index is 12.6. The Morgan fingerprint density at radius 2 is 2.00 bits per heavy atom. The highest BCUT2D eigenvalue weighted by molar-refractivity contribution is 6.32. The first-order chi connectivity index (χ1) is 14.9. The summed E-state index contributed by atoms with van der Waals surface area (Å²) in [5.74, 6) is 0.921. The fourth-order valence-corrected chi connectivity index (χ4v) is 3.13. The molecule has 0 amide bonds. The first-order valence-corrected chi connectivity index (χ1v) is 9.59. The van der Waals surface area contributed by atoms with Crippen molar-refractivity contribution >= 4 is 28.8 Å². The lowest BCUT2D eigenvalue weighted by molar-refractivity contribution is -0.0497. The van der Waals surface area contributed by atoms with Crippen molar-refractivity contribution in [2.24, 2.45) is 4.99 Å². The number of aliphatic imine (C=N–C) groups is 1. The van der Waals surface area contributed by atoms with Gasteiger partial charge in [0.1, 0.15) is 17.3 Å². The van der Waals surface area contributed by atoms with Crippen LogP contribution in [0.2, 0.25) is 5.02 Å². The quantitative estimate of drug-likeness (QED) is 0.350. The third kappa shape index (κ3) is 5.79. The Hall–Kier alpha value is -3.45. The average molecular weight is 444 g/mol. The molecule has 3 rings (SSSR count). The predicted molar refractivity (Wildman–Crippen MR) is 119 cm³/mol. The van der Waals surface area contributed by atoms with Crippen molar-refractivity contribution in [1.82, 2.24) is 4.98 Å². The van der Waals surface area contributed by atoms with E-state index in [0.717, 1.165) is 11.1 Å². The number of nitrogens with zero attached hydrogens (tertiary/aromatic N) is 2. The van der Waals surface area contributed by atoms with Crippen LogP contribution in [0.1, 0.15) is 16.7 Å². The van der Waals surface area contributed by atoms with Gasteiger partial charge in [-0.2, -0.15) is 8.78 Å². The van der Waals surface area contributed by atoms with Gasteiger partial charge in [-0.3, -0.25) is 4.98 Å². The summed E-state index contributed by atoms with van der Waals surface area (Å²) in [6.07, 6.45) is 3.30. The molecular weight excluding hydrogens is 424 g/mol. The molecule has 0 radical (unpaired) electrons. The Balaban J connectivity index is 2.05. The molecule has 3 aromatic rings. The lowest BCUT2D eigenvalue weighted by Crippen LogP contribution is -2.16. The summed E-state index contributed by atoms with van der Waals surface area (Å²) in [4.78, 5) is 8.74. The molecule has 0 unspecified atom stereocenters. The molecule has 0 saturated carbocycles. The maximum Gasteiger partial charge on any atom is 0.387 e. The molecule has 1 heterocycles. The van der Waals surface area contributed by atoms with E-state index in [4.69, 9.17) is 16.3 Å². The van der Waals surface area contributed by atoms with Gasteiger partial charge in [0.25, 0.3) is 0 Å². The van der Waals surface area contributed by atoms with Crippen LogP contribution in [0, 0.1) is 6.92 Å². The zero-order valence-electron chi connectivity index (χ0n) is 16.9. The SMILES string of the molecule is C=C(N=C(Nc1cccc(OC(F)F)c1)c1cc(OC)c(Cl)cc1C)c1cccnc1. The van der Waals surface area contributed by atoms with Crippen LogP contribution in [0.5, 0.6) is 11.5 Å². The van der Waals surface area contributed by atoms with E-state index in [1.165, 1.54) is 19.2 Å². The molecule has 8 heteroatoms. The number of alkyl halides is 2. The Morgan fingerprint density at radius 3 is 2.68 bits per heavy atom. The molecule has 1 aromatic heterocycles. The number of halogens is 3. The van der Waals surface area contributed by atoms with Gasteiger partial charge in [0.15, 0.2) is 0 Å². The Labute approximate surface area is 184 Å². The molecule has 0 atom stereocenters. The van der Waals surface area contributed by atoms with Gasteiger partial charge in [-0.1, -0.05) is 24.2 Å². The molecule has 0 bridgehead atoms. The molecule has 2 aromatic carbocycles. The number of aromatic nitrogens is 1. The summed E-state index contributed by atoms with van der Waals surface area (Å²) in [6.45, 7) is 2.99. The smallest absolute Gasteiger partial charge is 0.387 e. The van der Waals surface area contributed by atoms with Crippen LogP contribution in [-0.4, -0.2) is 24.5 Å². The number of amidine groups is 1. The molecular formula is C23H20ClF2N3O2. The van der Waals surface area contributed by atoms with E-state index < -0.39 is 6.61 Å². The van der Waals surface area contributed by atoms with Crippen molar-refractivity contribution in [2.45, 2.75) is 13.5 Å². The van der Waals surface area contributed by atoms with E-state index in [1.807, 2.05) is 13.0 Å². The molecule has 0 fully saturated rings. The highest BCUT2D eigenvalue weighted by atomic mass is 35.5. The van der Waals surface area contributed by atoms with Crippen LogP contribution < -0.4 is 14.8 Å². The molecule has 160 valence electrons. The standard InChI is InChI=1S/C23H20ClF2N3O2/c1-14-10-20(24)21(30-3)12-19(14)22(28-15(2)16-6-5-9-27-13-16)29-17-7-4-8-18(11-17)31-23(25)26/h4-13,23H,2H2,1,3H3,(H,28,29). The number of hydrogen-bond donors (Lipinski definition) is 1. The number of pyridine rings is 1. The molecule has 0 aliphatic heterocycles. The first kappa shape index (κ1) is 22.2. The Morgan fingerprint density at radius 1 is 1.19 bits per heavy atom. The Kier molecular flexibility index (Phi) is 7.20. The monoisotopic (exact) mass is 443 g/mol. The fourth-order valence-electron chi connectivity index (χ4n) is 2.84. The van der Waals surface area contributed by atoms with E-state index in [0.29, 0.717) is 33.6 Å². The lowest BCUT2D eigenvalue weighted by Gasteiger charge is -2.16. The zero-order valence-corrected chi connectivity index (χ0v) is 17.7. The highest BCUT2D eigenvalue weighted by Crippen LogP contribution is 2.30. The fraction of sp³-hybridized carbons (Fsp3) is 0.130. The van der Waals surface area contributed by atoms with E-state index in [1.54, 1.807) is 42.7 Å². The minimum Gasteiger partial charge on any atom is -0.495 e. The van der Waals surface area contributed by atoms with Gasteiger partial charge in [-0.15, -0.1) is 0 Å². The normalized spacial score (nSPS) is 11.4. The van der Waals surface area contributed by atoms with E-state index in [-0.39, 0.29) is 5.75 Å². The predicted octanol–water partition coefficient (Wildman–Crippen LogP) is 6.18. The molecule has 0 aliphatic carbocycles. The van der Waals surface area contributed by atoms with Crippen molar-refractivity contribution in [3.63, 3.8) is 0 Å². The van der Waals surface area contributed by atoms with Gasteiger partial charge in [-0.05, 0) is 48.9 Å². The number of rotatable bonds is 7. The van der Waals surface area contributed by atoms with E-state index >= 15 is 0 Å². The lowest BCUT2D eigenvalue weighted by atomic mass is 10.1. The van der Waals surface area contributed by atoms with E-state index in [9.17, 15) is 8.78 Å². The molecule has 0 saturated heterocycles. The van der Waals surface area contributed by atoms with Gasteiger partial charge < -0.3 is 14.8 Å². The van der Waals surface area contributed by atoms with Crippen LogP contribution in [0.4, 0.5) is 14.5 Å². The molecule has 31 heavy (non-hydrogen) atoms. The van der Waals surface area contributed by atoms with Crippen LogP contribution in [0.15, 0.2) is 72.5 Å². The summed E-state index contributed by atoms with van der Waals surface area (Å²) in [7, 11) is 1.52. The van der Waals surface area contributed by atoms with Crippen LogP contribution in [0.25, 0.3) is 5.70 Å². The van der Waals surface area contributed by atoms with Gasteiger partial charge in [0.05, 0.1) is 17.8 Å². The van der Waals surface area contributed by atoms with Gasteiger partial charge >= 0.3 is 6.61 Å². The van der Waals surface area contributed by atoms with Gasteiger partial charge in [0.2, 0.25) is 0 Å². The van der Waals surface area contributed by atoms with Crippen LogP contribution in [0.3, 0.4) is 0 Å². The summed E-state index contributed by atoms with van der Waals surface area (Å²) >= 11 is 6.24. The summed E-state index contributed by atoms with van der Waals surface area (Å²) in [6, 6.07) is 13.3. The van der Waals surface area contributed by atoms with Crippen LogP contribution >= 0.6 is 11.6 Å². The van der Waals surface area contributed by atoms with Crippen molar-refractivity contribution < 1.29 is 18.3 Å².